The summed E-state index contributed by atoms with van der Waals surface area (Å²) in [6, 6.07) is 6.92. The average molecular weight is 328 g/mol. The minimum atomic E-state index is -3.64. The molecule has 2 heterocycles. The van der Waals surface area contributed by atoms with Crippen LogP contribution in [-0.4, -0.2) is 44.0 Å². The fourth-order valence-corrected chi connectivity index (χ4v) is 3.64. The van der Waals surface area contributed by atoms with Crippen molar-refractivity contribution in [1.29, 1.82) is 0 Å². The molecule has 1 aliphatic heterocycles. The number of pyridine rings is 1. The maximum atomic E-state index is 12.4. The van der Waals surface area contributed by atoms with Crippen molar-refractivity contribution >= 4 is 38.4 Å². The van der Waals surface area contributed by atoms with Crippen molar-refractivity contribution in [2.75, 3.05) is 31.0 Å². The first-order valence-electron chi connectivity index (χ1n) is 6.46. The van der Waals surface area contributed by atoms with Crippen LogP contribution in [0.1, 0.15) is 0 Å². The highest BCUT2D eigenvalue weighted by Crippen LogP contribution is 2.27. The molecule has 1 aromatic heterocycles. The van der Waals surface area contributed by atoms with E-state index in [0.29, 0.717) is 42.5 Å². The molecule has 1 fully saturated rings. The van der Waals surface area contributed by atoms with Gasteiger partial charge in [0.1, 0.15) is 0 Å². The number of hydrogen-bond donors (Lipinski definition) is 1. The van der Waals surface area contributed by atoms with E-state index < -0.39 is 10.2 Å². The van der Waals surface area contributed by atoms with E-state index in [1.165, 1.54) is 4.31 Å². The molecule has 8 heteroatoms. The first-order valence-corrected chi connectivity index (χ1v) is 8.28. The van der Waals surface area contributed by atoms with Crippen LogP contribution in [0.15, 0.2) is 30.5 Å². The van der Waals surface area contributed by atoms with Crippen LogP contribution < -0.4 is 4.72 Å². The molecule has 0 spiro atoms. The molecule has 2 aromatic rings. The van der Waals surface area contributed by atoms with Gasteiger partial charge >= 0.3 is 10.2 Å². The van der Waals surface area contributed by atoms with E-state index in [0.717, 1.165) is 5.39 Å². The lowest BCUT2D eigenvalue weighted by atomic mass is 10.2. The number of benzene rings is 1. The number of nitrogens with zero attached hydrogens (tertiary/aromatic N) is 2. The van der Waals surface area contributed by atoms with Crippen LogP contribution in [0.5, 0.6) is 0 Å². The van der Waals surface area contributed by atoms with E-state index in [1.807, 2.05) is 6.07 Å². The second kappa shape index (κ2) is 5.76. The Bertz CT molecular complexity index is 760. The second-order valence-electron chi connectivity index (χ2n) is 4.65. The fourth-order valence-electron chi connectivity index (χ4n) is 2.22. The third kappa shape index (κ3) is 3.11. The quantitative estimate of drug-likeness (QED) is 0.934. The van der Waals surface area contributed by atoms with Gasteiger partial charge < -0.3 is 4.74 Å². The monoisotopic (exact) mass is 327 g/mol. The molecule has 0 unspecified atom stereocenters. The molecule has 0 radical (unpaired) electrons. The molecule has 112 valence electrons. The van der Waals surface area contributed by atoms with Crippen LogP contribution in [0.2, 0.25) is 5.02 Å². The SMILES string of the molecule is O=S(=O)(Nc1cc(Cl)cc2cccnc12)N1CCOCC1. The summed E-state index contributed by atoms with van der Waals surface area (Å²) in [4.78, 5) is 4.22. The Morgan fingerprint density at radius 2 is 2.05 bits per heavy atom. The predicted molar refractivity (Wildman–Crippen MR) is 81.7 cm³/mol. The molecule has 1 aliphatic rings. The van der Waals surface area contributed by atoms with Crippen molar-refractivity contribution < 1.29 is 13.2 Å². The largest absolute Gasteiger partial charge is 0.379 e. The highest BCUT2D eigenvalue weighted by molar-refractivity contribution is 7.90. The highest BCUT2D eigenvalue weighted by Gasteiger charge is 2.25. The van der Waals surface area contributed by atoms with Crippen LogP contribution in [0, 0.1) is 0 Å². The van der Waals surface area contributed by atoms with Gasteiger partial charge in [-0.1, -0.05) is 17.7 Å². The van der Waals surface area contributed by atoms with E-state index in [1.54, 1.807) is 24.4 Å². The second-order valence-corrected chi connectivity index (χ2v) is 6.75. The third-order valence-electron chi connectivity index (χ3n) is 3.22. The van der Waals surface area contributed by atoms with Gasteiger partial charge in [0.15, 0.2) is 0 Å². The van der Waals surface area contributed by atoms with Gasteiger partial charge in [-0.05, 0) is 18.2 Å². The molecule has 0 atom stereocenters. The Morgan fingerprint density at radius 3 is 2.81 bits per heavy atom. The molecule has 0 aliphatic carbocycles. The number of anilines is 1. The summed E-state index contributed by atoms with van der Waals surface area (Å²) < 4.78 is 33.9. The van der Waals surface area contributed by atoms with Gasteiger partial charge in [0.05, 0.1) is 24.4 Å². The minimum absolute atomic E-state index is 0.335. The van der Waals surface area contributed by atoms with Crippen molar-refractivity contribution in [3.63, 3.8) is 0 Å². The van der Waals surface area contributed by atoms with Crippen molar-refractivity contribution in [1.82, 2.24) is 9.29 Å². The number of hydrogen-bond acceptors (Lipinski definition) is 4. The van der Waals surface area contributed by atoms with E-state index in [2.05, 4.69) is 9.71 Å². The number of halogens is 1. The van der Waals surface area contributed by atoms with Crippen LogP contribution in [0.4, 0.5) is 5.69 Å². The number of morpholine rings is 1. The molecular formula is C13H14ClN3O3S. The van der Waals surface area contributed by atoms with Crippen LogP contribution >= 0.6 is 11.6 Å². The number of nitrogens with one attached hydrogen (secondary N) is 1. The maximum absolute atomic E-state index is 12.4. The normalized spacial score (nSPS) is 17.0. The zero-order valence-corrected chi connectivity index (χ0v) is 12.7. The lowest BCUT2D eigenvalue weighted by Crippen LogP contribution is -2.43. The van der Waals surface area contributed by atoms with Gasteiger partial charge in [0.2, 0.25) is 0 Å². The Labute approximate surface area is 127 Å². The van der Waals surface area contributed by atoms with Crippen molar-refractivity contribution in [2.24, 2.45) is 0 Å². The lowest BCUT2D eigenvalue weighted by molar-refractivity contribution is 0.0733. The molecule has 1 aromatic carbocycles. The number of aromatic nitrogens is 1. The third-order valence-corrected chi connectivity index (χ3v) is 4.96. The summed E-state index contributed by atoms with van der Waals surface area (Å²) in [7, 11) is -3.64. The topological polar surface area (TPSA) is 71.5 Å². The maximum Gasteiger partial charge on any atom is 0.301 e. The van der Waals surface area contributed by atoms with E-state index in [-0.39, 0.29) is 0 Å². The Balaban J connectivity index is 1.97. The predicted octanol–water partition coefficient (Wildman–Crippen LogP) is 1.88. The molecule has 1 N–H and O–H groups in total. The summed E-state index contributed by atoms with van der Waals surface area (Å²) in [6.45, 7) is 1.47. The zero-order valence-electron chi connectivity index (χ0n) is 11.1. The minimum Gasteiger partial charge on any atom is -0.379 e. The lowest BCUT2D eigenvalue weighted by Gasteiger charge is -2.26. The number of rotatable bonds is 3. The van der Waals surface area contributed by atoms with Gasteiger partial charge in [-0.3, -0.25) is 9.71 Å². The average Bonchev–Trinajstić information content (AvgIpc) is 2.47. The summed E-state index contributed by atoms with van der Waals surface area (Å²) >= 11 is 6.04. The molecule has 1 saturated heterocycles. The molecular weight excluding hydrogens is 314 g/mol. The van der Waals surface area contributed by atoms with Gasteiger partial charge in [-0.25, -0.2) is 0 Å². The Hall–Kier alpha value is -1.41. The van der Waals surface area contributed by atoms with Crippen LogP contribution in [0.3, 0.4) is 0 Å². The fraction of sp³-hybridized carbons (Fsp3) is 0.308. The smallest absolute Gasteiger partial charge is 0.301 e. The summed E-state index contributed by atoms with van der Waals surface area (Å²) in [6.07, 6.45) is 1.61. The Morgan fingerprint density at radius 1 is 1.29 bits per heavy atom. The molecule has 3 rings (SSSR count). The van der Waals surface area contributed by atoms with Gasteiger partial charge in [-0.15, -0.1) is 0 Å². The van der Waals surface area contributed by atoms with Crippen molar-refractivity contribution in [3.8, 4) is 0 Å². The first-order chi connectivity index (χ1) is 10.1. The van der Waals surface area contributed by atoms with Crippen LogP contribution in [-0.2, 0) is 14.9 Å². The molecule has 6 nitrogen and oxygen atoms in total. The van der Waals surface area contributed by atoms with Crippen molar-refractivity contribution in [2.45, 2.75) is 0 Å². The van der Waals surface area contributed by atoms with E-state index in [9.17, 15) is 8.42 Å². The van der Waals surface area contributed by atoms with Gasteiger partial charge in [-0.2, -0.15) is 12.7 Å². The van der Waals surface area contributed by atoms with Crippen molar-refractivity contribution in [3.05, 3.63) is 35.5 Å². The summed E-state index contributed by atoms with van der Waals surface area (Å²) in [5.74, 6) is 0. The molecule has 0 bridgehead atoms. The summed E-state index contributed by atoms with van der Waals surface area (Å²) in [5, 5.41) is 1.24. The van der Waals surface area contributed by atoms with Gasteiger partial charge in [0.25, 0.3) is 0 Å². The Kier molecular flexibility index (Phi) is 3.99. The van der Waals surface area contributed by atoms with E-state index in [4.69, 9.17) is 16.3 Å². The number of ether oxygens (including phenoxy) is 1. The van der Waals surface area contributed by atoms with Gasteiger partial charge in [0, 0.05) is 29.7 Å². The first kappa shape index (κ1) is 14.5. The standard InChI is InChI=1S/C13H14ClN3O3S/c14-11-8-10-2-1-3-15-13(10)12(9-11)16-21(18,19)17-4-6-20-7-5-17/h1-3,8-9,16H,4-7H2. The molecule has 0 amide bonds. The highest BCUT2D eigenvalue weighted by atomic mass is 35.5. The zero-order chi connectivity index (χ0) is 14.9. The van der Waals surface area contributed by atoms with E-state index >= 15 is 0 Å². The number of fused-ring (bicyclic) bond motifs is 1. The molecule has 0 saturated carbocycles. The molecule has 21 heavy (non-hydrogen) atoms. The summed E-state index contributed by atoms with van der Waals surface area (Å²) in [5.41, 5.74) is 0.948. The van der Waals surface area contributed by atoms with Crippen LogP contribution in [0.25, 0.3) is 10.9 Å².